The molecular weight excluding hydrogens is 403 g/mol. The van der Waals surface area contributed by atoms with Gasteiger partial charge in [-0.1, -0.05) is 37.9 Å². The zero-order valence-corrected chi connectivity index (χ0v) is 14.5. The van der Waals surface area contributed by atoms with E-state index in [4.69, 9.17) is 10.6 Å². The molecule has 1 unspecified atom stereocenters. The number of hydrazine groups is 1. The lowest BCUT2D eigenvalue weighted by molar-refractivity contribution is 0.405. The van der Waals surface area contributed by atoms with Gasteiger partial charge in [-0.2, -0.15) is 0 Å². The van der Waals surface area contributed by atoms with E-state index in [1.54, 1.807) is 13.2 Å². The van der Waals surface area contributed by atoms with E-state index in [9.17, 15) is 4.39 Å². The van der Waals surface area contributed by atoms with E-state index in [1.165, 1.54) is 12.1 Å². The minimum Gasteiger partial charge on any atom is -0.496 e. The van der Waals surface area contributed by atoms with Crippen LogP contribution in [-0.4, -0.2) is 7.11 Å². The number of halogens is 3. The highest BCUT2D eigenvalue weighted by molar-refractivity contribution is 9.10. The summed E-state index contributed by atoms with van der Waals surface area (Å²) in [7, 11) is 1.63. The van der Waals surface area contributed by atoms with Crippen molar-refractivity contribution >= 4 is 31.9 Å². The third kappa shape index (κ3) is 4.03. The normalized spacial score (nSPS) is 12.2. The number of nitrogens with one attached hydrogen (secondary N) is 1. The smallest absolute Gasteiger partial charge is 0.124 e. The first-order chi connectivity index (χ1) is 10.0. The minimum atomic E-state index is -0.290. The summed E-state index contributed by atoms with van der Waals surface area (Å²) in [5.41, 5.74) is 4.67. The van der Waals surface area contributed by atoms with Gasteiger partial charge >= 0.3 is 0 Å². The summed E-state index contributed by atoms with van der Waals surface area (Å²) in [4.78, 5) is 0. The summed E-state index contributed by atoms with van der Waals surface area (Å²) in [6, 6.07) is 10.2. The first-order valence-corrected chi connectivity index (χ1v) is 7.87. The van der Waals surface area contributed by atoms with Crippen LogP contribution in [-0.2, 0) is 6.42 Å². The van der Waals surface area contributed by atoms with Gasteiger partial charge in [0.05, 0.1) is 13.2 Å². The Hall–Kier alpha value is -0.950. The Morgan fingerprint density at radius 2 is 2.00 bits per heavy atom. The maximum atomic E-state index is 13.2. The molecule has 1 atom stereocenters. The second kappa shape index (κ2) is 7.35. The minimum absolute atomic E-state index is 0.164. The molecular formula is C15H15Br2FN2O. The van der Waals surface area contributed by atoms with Crippen molar-refractivity contribution in [2.24, 2.45) is 5.84 Å². The van der Waals surface area contributed by atoms with E-state index in [-0.39, 0.29) is 11.9 Å². The highest BCUT2D eigenvalue weighted by Gasteiger charge is 2.17. The number of nitrogens with two attached hydrogens (primary N) is 1. The Balaban J connectivity index is 2.33. The Bertz CT molecular complexity index is 637. The average Bonchev–Trinajstić information content (AvgIpc) is 2.45. The molecule has 21 heavy (non-hydrogen) atoms. The van der Waals surface area contributed by atoms with Crippen LogP contribution in [0, 0.1) is 5.82 Å². The van der Waals surface area contributed by atoms with Crippen molar-refractivity contribution in [3.63, 3.8) is 0 Å². The van der Waals surface area contributed by atoms with Crippen molar-refractivity contribution in [1.82, 2.24) is 5.43 Å². The summed E-state index contributed by atoms with van der Waals surface area (Å²) >= 11 is 6.83. The molecule has 2 rings (SSSR count). The van der Waals surface area contributed by atoms with Gasteiger partial charge in [0, 0.05) is 8.95 Å². The van der Waals surface area contributed by atoms with E-state index >= 15 is 0 Å². The van der Waals surface area contributed by atoms with Gasteiger partial charge in [-0.25, -0.2) is 4.39 Å². The molecule has 3 N–H and O–H groups in total. The van der Waals surface area contributed by atoms with Gasteiger partial charge in [0.15, 0.2) is 0 Å². The fourth-order valence-corrected chi connectivity index (χ4v) is 3.21. The third-order valence-electron chi connectivity index (χ3n) is 3.21. The van der Waals surface area contributed by atoms with Crippen LogP contribution in [0.3, 0.4) is 0 Å². The van der Waals surface area contributed by atoms with Crippen molar-refractivity contribution in [2.45, 2.75) is 12.5 Å². The number of methoxy groups -OCH3 is 1. The molecule has 6 heteroatoms. The van der Waals surface area contributed by atoms with Gasteiger partial charge in [0.1, 0.15) is 11.6 Å². The predicted octanol–water partition coefficient (Wildman–Crippen LogP) is 4.11. The van der Waals surface area contributed by atoms with Crippen LogP contribution in [0.2, 0.25) is 0 Å². The van der Waals surface area contributed by atoms with Crippen LogP contribution in [0.15, 0.2) is 45.3 Å². The quantitative estimate of drug-likeness (QED) is 0.568. The molecule has 0 heterocycles. The van der Waals surface area contributed by atoms with Crippen molar-refractivity contribution in [3.05, 3.63) is 62.3 Å². The molecule has 0 amide bonds. The predicted molar refractivity (Wildman–Crippen MR) is 88.6 cm³/mol. The van der Waals surface area contributed by atoms with Crippen molar-refractivity contribution in [1.29, 1.82) is 0 Å². The molecule has 2 aromatic rings. The molecule has 0 fully saturated rings. The first kappa shape index (κ1) is 16.4. The fraction of sp³-hybridized carbons (Fsp3) is 0.200. The highest BCUT2D eigenvalue weighted by atomic mass is 79.9. The summed E-state index contributed by atoms with van der Waals surface area (Å²) < 4.78 is 20.2. The van der Waals surface area contributed by atoms with Crippen LogP contribution in [0.25, 0.3) is 0 Å². The zero-order chi connectivity index (χ0) is 15.4. The van der Waals surface area contributed by atoms with Gasteiger partial charge in [0.2, 0.25) is 0 Å². The second-order valence-electron chi connectivity index (χ2n) is 4.55. The monoisotopic (exact) mass is 416 g/mol. The van der Waals surface area contributed by atoms with Crippen LogP contribution in [0.4, 0.5) is 4.39 Å². The molecule has 0 saturated heterocycles. The lowest BCUT2D eigenvalue weighted by atomic mass is 9.99. The average molecular weight is 418 g/mol. The number of hydrogen-bond acceptors (Lipinski definition) is 3. The van der Waals surface area contributed by atoms with Crippen molar-refractivity contribution in [3.8, 4) is 5.75 Å². The van der Waals surface area contributed by atoms with Crippen molar-refractivity contribution < 1.29 is 9.13 Å². The summed E-state index contributed by atoms with van der Waals surface area (Å²) in [6.45, 7) is 0. The number of ether oxygens (including phenoxy) is 1. The van der Waals surface area contributed by atoms with E-state index < -0.39 is 0 Å². The zero-order valence-electron chi connectivity index (χ0n) is 11.4. The van der Waals surface area contributed by atoms with Crippen LogP contribution in [0.5, 0.6) is 5.75 Å². The number of rotatable bonds is 5. The molecule has 0 aliphatic carbocycles. The first-order valence-electron chi connectivity index (χ1n) is 6.28. The standard InChI is InChI=1S/C15H15Br2FN2O/c1-21-15-5-2-10(16)6-9(15)7-14(20-19)12-4-3-11(18)8-13(12)17/h2-6,8,14,20H,7,19H2,1H3. The van der Waals surface area contributed by atoms with E-state index in [1.807, 2.05) is 18.2 Å². The van der Waals surface area contributed by atoms with Gasteiger partial charge in [-0.05, 0) is 47.9 Å². The number of benzene rings is 2. The topological polar surface area (TPSA) is 47.3 Å². The summed E-state index contributed by atoms with van der Waals surface area (Å²) in [5.74, 6) is 6.17. The van der Waals surface area contributed by atoms with E-state index in [2.05, 4.69) is 37.3 Å². The second-order valence-corrected chi connectivity index (χ2v) is 6.32. The van der Waals surface area contributed by atoms with Gasteiger partial charge < -0.3 is 4.74 Å². The summed E-state index contributed by atoms with van der Waals surface area (Å²) in [5, 5.41) is 0. The Labute approximate surface area is 139 Å². The molecule has 0 bridgehead atoms. The SMILES string of the molecule is COc1ccc(Br)cc1CC(NN)c1ccc(F)cc1Br. The van der Waals surface area contributed by atoms with Gasteiger partial charge in [-0.3, -0.25) is 11.3 Å². The maximum absolute atomic E-state index is 13.2. The molecule has 0 aliphatic heterocycles. The van der Waals surface area contributed by atoms with Gasteiger partial charge in [0.25, 0.3) is 0 Å². The number of hydrogen-bond donors (Lipinski definition) is 2. The van der Waals surface area contributed by atoms with E-state index in [0.717, 1.165) is 21.3 Å². The molecule has 0 aliphatic rings. The van der Waals surface area contributed by atoms with Crippen molar-refractivity contribution in [2.75, 3.05) is 7.11 Å². The molecule has 112 valence electrons. The lowest BCUT2D eigenvalue weighted by Crippen LogP contribution is -2.30. The van der Waals surface area contributed by atoms with E-state index in [0.29, 0.717) is 10.9 Å². The molecule has 3 nitrogen and oxygen atoms in total. The molecule has 0 spiro atoms. The van der Waals surface area contributed by atoms with Gasteiger partial charge in [-0.15, -0.1) is 0 Å². The Morgan fingerprint density at radius 1 is 1.24 bits per heavy atom. The molecule has 0 saturated carbocycles. The fourth-order valence-electron chi connectivity index (χ4n) is 2.17. The van der Waals surface area contributed by atoms with Crippen LogP contribution < -0.4 is 16.0 Å². The molecule has 0 aromatic heterocycles. The maximum Gasteiger partial charge on any atom is 0.124 e. The highest BCUT2D eigenvalue weighted by Crippen LogP contribution is 2.30. The summed E-state index contributed by atoms with van der Waals surface area (Å²) in [6.07, 6.45) is 0.614. The van der Waals surface area contributed by atoms with Crippen LogP contribution in [0.1, 0.15) is 17.2 Å². The molecule has 0 radical (unpaired) electrons. The van der Waals surface area contributed by atoms with Crippen LogP contribution >= 0.6 is 31.9 Å². The third-order valence-corrected chi connectivity index (χ3v) is 4.39. The molecule has 2 aromatic carbocycles. The lowest BCUT2D eigenvalue weighted by Gasteiger charge is -2.19. The Morgan fingerprint density at radius 3 is 2.62 bits per heavy atom. The Kier molecular flexibility index (Phi) is 5.75. The largest absolute Gasteiger partial charge is 0.496 e.